The van der Waals surface area contributed by atoms with Crippen LogP contribution in [-0.4, -0.2) is 9.55 Å². The van der Waals surface area contributed by atoms with Crippen molar-refractivity contribution in [1.29, 1.82) is 0 Å². The molecule has 3 nitrogen and oxygen atoms in total. The predicted octanol–water partition coefficient (Wildman–Crippen LogP) is 3.47. The number of aromatic nitrogens is 2. The summed E-state index contributed by atoms with van der Waals surface area (Å²) in [6.45, 7) is 0.807. The number of benzene rings is 2. The number of hydrogen-bond donors (Lipinski definition) is 0. The van der Waals surface area contributed by atoms with Crippen molar-refractivity contribution in [2.45, 2.75) is 19.4 Å². The first-order valence-corrected chi connectivity index (χ1v) is 7.38. The van der Waals surface area contributed by atoms with Crippen molar-refractivity contribution in [3.8, 4) is 11.3 Å². The third-order valence-electron chi connectivity index (χ3n) is 4.04. The van der Waals surface area contributed by atoms with Crippen molar-refractivity contribution in [2.75, 3.05) is 0 Å². The Morgan fingerprint density at radius 1 is 1.00 bits per heavy atom. The summed E-state index contributed by atoms with van der Waals surface area (Å²) in [7, 11) is 0. The summed E-state index contributed by atoms with van der Waals surface area (Å²) >= 11 is 0. The van der Waals surface area contributed by atoms with Crippen LogP contribution in [0.25, 0.3) is 22.3 Å². The van der Waals surface area contributed by atoms with Crippen LogP contribution in [0, 0.1) is 5.92 Å². The molecule has 21 heavy (non-hydrogen) atoms. The van der Waals surface area contributed by atoms with Crippen LogP contribution in [0.4, 0.5) is 0 Å². The van der Waals surface area contributed by atoms with Gasteiger partial charge in [-0.15, -0.1) is 0 Å². The molecule has 4 rings (SSSR count). The standard InChI is InChI=1S/C18H16N2O/c21-18-17(14-6-2-1-3-7-14)19-15-8-4-5-9-16(15)20(18)12-13-10-11-13/h1-9,13H,10-12H2. The number of rotatable bonds is 3. The van der Waals surface area contributed by atoms with Crippen LogP contribution in [0.1, 0.15) is 12.8 Å². The molecule has 1 fully saturated rings. The van der Waals surface area contributed by atoms with Crippen LogP contribution in [0.5, 0.6) is 0 Å². The molecule has 0 atom stereocenters. The molecule has 1 saturated carbocycles. The van der Waals surface area contributed by atoms with Gasteiger partial charge in [0.05, 0.1) is 11.0 Å². The van der Waals surface area contributed by atoms with E-state index in [1.54, 1.807) is 0 Å². The highest BCUT2D eigenvalue weighted by Gasteiger charge is 2.24. The summed E-state index contributed by atoms with van der Waals surface area (Å²) in [5, 5.41) is 0. The zero-order valence-electron chi connectivity index (χ0n) is 11.7. The third kappa shape index (κ3) is 2.25. The lowest BCUT2D eigenvalue weighted by atomic mass is 10.1. The van der Waals surface area contributed by atoms with Gasteiger partial charge in [0.25, 0.3) is 5.56 Å². The van der Waals surface area contributed by atoms with E-state index < -0.39 is 0 Å². The van der Waals surface area contributed by atoms with Crippen LogP contribution in [0.2, 0.25) is 0 Å². The lowest BCUT2D eigenvalue weighted by molar-refractivity contribution is 0.625. The average molecular weight is 276 g/mol. The Labute approximate surface area is 122 Å². The van der Waals surface area contributed by atoms with Gasteiger partial charge in [0.1, 0.15) is 5.69 Å². The van der Waals surface area contributed by atoms with E-state index in [-0.39, 0.29) is 5.56 Å². The summed E-state index contributed by atoms with van der Waals surface area (Å²) in [5.74, 6) is 0.650. The lowest BCUT2D eigenvalue weighted by Gasteiger charge is -2.11. The van der Waals surface area contributed by atoms with Crippen LogP contribution < -0.4 is 5.56 Å². The second-order valence-electron chi connectivity index (χ2n) is 5.67. The van der Waals surface area contributed by atoms with E-state index in [1.165, 1.54) is 12.8 Å². The average Bonchev–Trinajstić information content (AvgIpc) is 3.35. The van der Waals surface area contributed by atoms with Crippen molar-refractivity contribution < 1.29 is 0 Å². The Balaban J connectivity index is 1.99. The molecule has 0 amide bonds. The van der Waals surface area contributed by atoms with E-state index in [0.717, 1.165) is 23.1 Å². The molecule has 1 aliphatic carbocycles. The molecule has 0 saturated heterocycles. The first-order valence-electron chi connectivity index (χ1n) is 7.38. The molecule has 0 bridgehead atoms. The fraction of sp³-hybridized carbons (Fsp3) is 0.222. The Kier molecular flexibility index (Phi) is 2.85. The second kappa shape index (κ2) is 4.85. The van der Waals surface area contributed by atoms with Gasteiger partial charge in [-0.3, -0.25) is 4.79 Å². The molecular weight excluding hydrogens is 260 g/mol. The first-order chi connectivity index (χ1) is 10.3. The van der Waals surface area contributed by atoms with Gasteiger partial charge in [-0.25, -0.2) is 4.98 Å². The van der Waals surface area contributed by atoms with E-state index >= 15 is 0 Å². The van der Waals surface area contributed by atoms with Crippen molar-refractivity contribution in [2.24, 2.45) is 5.92 Å². The third-order valence-corrected chi connectivity index (χ3v) is 4.04. The molecule has 3 aromatic rings. The molecule has 3 heteroatoms. The molecule has 0 aliphatic heterocycles. The van der Waals surface area contributed by atoms with Crippen LogP contribution in [-0.2, 0) is 6.54 Å². The maximum Gasteiger partial charge on any atom is 0.277 e. The van der Waals surface area contributed by atoms with Crippen molar-refractivity contribution >= 4 is 11.0 Å². The van der Waals surface area contributed by atoms with Crippen molar-refractivity contribution in [3.63, 3.8) is 0 Å². The van der Waals surface area contributed by atoms with E-state index in [2.05, 4.69) is 4.98 Å². The molecule has 1 aliphatic rings. The molecule has 104 valence electrons. The summed E-state index contributed by atoms with van der Waals surface area (Å²) in [6.07, 6.45) is 2.45. The lowest BCUT2D eigenvalue weighted by Crippen LogP contribution is -2.24. The van der Waals surface area contributed by atoms with E-state index in [0.29, 0.717) is 11.6 Å². The minimum absolute atomic E-state index is 0.0202. The molecule has 0 unspecified atom stereocenters. The van der Waals surface area contributed by atoms with Gasteiger partial charge in [0, 0.05) is 12.1 Å². The highest BCUT2D eigenvalue weighted by atomic mass is 16.1. The van der Waals surface area contributed by atoms with Crippen molar-refractivity contribution in [1.82, 2.24) is 9.55 Å². The van der Waals surface area contributed by atoms with Crippen LogP contribution in [0.3, 0.4) is 0 Å². The van der Waals surface area contributed by atoms with Gasteiger partial charge < -0.3 is 4.57 Å². The molecule has 1 aromatic heterocycles. The van der Waals surface area contributed by atoms with Gasteiger partial charge in [0.2, 0.25) is 0 Å². The normalized spacial score (nSPS) is 14.5. The van der Waals surface area contributed by atoms with Gasteiger partial charge in [-0.05, 0) is 30.9 Å². The van der Waals surface area contributed by atoms with Gasteiger partial charge in [-0.2, -0.15) is 0 Å². The van der Waals surface area contributed by atoms with Gasteiger partial charge >= 0.3 is 0 Å². The van der Waals surface area contributed by atoms with E-state index in [9.17, 15) is 4.79 Å². The topological polar surface area (TPSA) is 34.9 Å². The first kappa shape index (κ1) is 12.3. The van der Waals surface area contributed by atoms with Gasteiger partial charge in [0.15, 0.2) is 0 Å². The molecule has 0 radical (unpaired) electrons. The molecule has 2 aromatic carbocycles. The van der Waals surface area contributed by atoms with Crippen LogP contribution >= 0.6 is 0 Å². The summed E-state index contributed by atoms with van der Waals surface area (Å²) in [6, 6.07) is 17.6. The smallest absolute Gasteiger partial charge is 0.277 e. The fourth-order valence-corrected chi connectivity index (χ4v) is 2.72. The van der Waals surface area contributed by atoms with E-state index in [4.69, 9.17) is 0 Å². The van der Waals surface area contributed by atoms with Crippen LogP contribution in [0.15, 0.2) is 59.4 Å². The Morgan fingerprint density at radius 3 is 2.48 bits per heavy atom. The molecule has 0 N–H and O–H groups in total. The quantitative estimate of drug-likeness (QED) is 0.734. The SMILES string of the molecule is O=c1c(-c2ccccc2)nc2ccccc2n1CC1CC1. The molecule has 0 spiro atoms. The maximum atomic E-state index is 12.8. The summed E-state index contributed by atoms with van der Waals surface area (Å²) < 4.78 is 1.91. The minimum atomic E-state index is 0.0202. The number of fused-ring (bicyclic) bond motifs is 1. The number of para-hydroxylation sites is 2. The Bertz CT molecular complexity index is 848. The largest absolute Gasteiger partial charge is 0.305 e. The Morgan fingerprint density at radius 2 is 1.71 bits per heavy atom. The number of hydrogen-bond acceptors (Lipinski definition) is 2. The molecular formula is C18H16N2O. The second-order valence-corrected chi connectivity index (χ2v) is 5.67. The summed E-state index contributed by atoms with van der Waals surface area (Å²) in [4.78, 5) is 17.4. The van der Waals surface area contributed by atoms with E-state index in [1.807, 2.05) is 59.2 Å². The monoisotopic (exact) mass is 276 g/mol. The van der Waals surface area contributed by atoms with Gasteiger partial charge in [-0.1, -0.05) is 42.5 Å². The highest BCUT2D eigenvalue weighted by molar-refractivity contribution is 5.77. The predicted molar refractivity (Wildman–Crippen MR) is 84.2 cm³/mol. The number of nitrogens with zero attached hydrogens (tertiary/aromatic N) is 2. The Hall–Kier alpha value is -2.42. The fourth-order valence-electron chi connectivity index (χ4n) is 2.72. The maximum absolute atomic E-state index is 12.8. The zero-order chi connectivity index (χ0) is 14.2. The summed E-state index contributed by atoms with van der Waals surface area (Å²) in [5.41, 5.74) is 3.28. The highest BCUT2D eigenvalue weighted by Crippen LogP contribution is 2.31. The minimum Gasteiger partial charge on any atom is -0.305 e. The van der Waals surface area contributed by atoms with Crippen molar-refractivity contribution in [3.05, 3.63) is 65.0 Å². The molecule has 1 heterocycles. The zero-order valence-corrected chi connectivity index (χ0v) is 11.7.